The van der Waals surface area contributed by atoms with Gasteiger partial charge in [-0.1, -0.05) is 24.3 Å². The predicted octanol–water partition coefficient (Wildman–Crippen LogP) is 4.18. The van der Waals surface area contributed by atoms with Gasteiger partial charge < -0.3 is 31.4 Å². The van der Waals surface area contributed by atoms with Crippen LogP contribution in [0.5, 0.6) is 0 Å². The highest BCUT2D eigenvalue weighted by atomic mass is 19.4. The molecule has 0 aliphatic carbocycles. The summed E-state index contributed by atoms with van der Waals surface area (Å²) in [5.41, 5.74) is 5.41. The Hall–Kier alpha value is -5.96. The summed E-state index contributed by atoms with van der Waals surface area (Å²) in [6.45, 7) is 5.09. The van der Waals surface area contributed by atoms with Crippen LogP contribution in [-0.2, 0) is 38.4 Å². The lowest BCUT2D eigenvalue weighted by Gasteiger charge is -2.11. The first kappa shape index (κ1) is 44.1. The van der Waals surface area contributed by atoms with Gasteiger partial charge in [-0.15, -0.1) is 0 Å². The van der Waals surface area contributed by atoms with Crippen LogP contribution in [0.15, 0.2) is 59.7 Å². The number of amides is 2. The number of nitrogens with one attached hydrogen (secondary N) is 4. The van der Waals surface area contributed by atoms with E-state index in [2.05, 4.69) is 15.6 Å². The smallest absolute Gasteiger partial charge is 0.475 e. The van der Waals surface area contributed by atoms with Gasteiger partial charge in [0, 0.05) is 36.2 Å². The van der Waals surface area contributed by atoms with Crippen molar-refractivity contribution in [2.45, 2.75) is 58.4 Å². The van der Waals surface area contributed by atoms with Crippen molar-refractivity contribution in [1.29, 1.82) is 5.41 Å². The number of hydrogen-bond acceptors (Lipinski definition) is 9. The van der Waals surface area contributed by atoms with Gasteiger partial charge >= 0.3 is 36.2 Å². The van der Waals surface area contributed by atoms with Crippen LogP contribution in [0, 0.1) is 12.3 Å². The number of aromatic nitrogens is 2. The van der Waals surface area contributed by atoms with Gasteiger partial charge in [-0.3, -0.25) is 24.6 Å². The molecule has 0 bridgehead atoms. The zero-order valence-corrected chi connectivity index (χ0v) is 27.0. The van der Waals surface area contributed by atoms with Gasteiger partial charge in [-0.05, 0) is 50.1 Å². The number of carboxylic acid groups (broad SMARTS) is 1. The van der Waals surface area contributed by atoms with Gasteiger partial charge in [0.15, 0.2) is 5.82 Å². The van der Waals surface area contributed by atoms with Crippen LogP contribution >= 0.6 is 0 Å². The van der Waals surface area contributed by atoms with E-state index in [1.165, 1.54) is 47.3 Å². The Labute approximate surface area is 287 Å². The summed E-state index contributed by atoms with van der Waals surface area (Å²) in [6, 6.07) is 9.09. The van der Waals surface area contributed by atoms with Gasteiger partial charge in [0.1, 0.15) is 12.4 Å². The first-order chi connectivity index (χ1) is 23.7. The molecule has 0 aliphatic rings. The summed E-state index contributed by atoms with van der Waals surface area (Å²) in [4.78, 5) is 59.5. The Bertz CT molecular complexity index is 1780. The summed E-state index contributed by atoms with van der Waals surface area (Å²) in [6.07, 6.45) is -11.9. The van der Waals surface area contributed by atoms with E-state index in [0.717, 1.165) is 12.1 Å². The van der Waals surface area contributed by atoms with Crippen LogP contribution in [0.1, 0.15) is 36.1 Å². The first-order valence-corrected chi connectivity index (χ1v) is 14.2. The molecule has 0 saturated carbocycles. The molecule has 284 valence electrons. The fraction of sp³-hybridized carbons (Fsp3) is 0.300. The summed E-state index contributed by atoms with van der Waals surface area (Å²) >= 11 is 0. The third-order valence-electron chi connectivity index (χ3n) is 5.76. The molecule has 0 radical (unpaired) electrons. The monoisotopic (exact) mass is 755 g/mol. The zero-order chi connectivity index (χ0) is 40.2. The van der Waals surface area contributed by atoms with Gasteiger partial charge in [0.2, 0.25) is 5.91 Å². The maximum Gasteiger partial charge on any atom is 0.490 e. The maximum atomic E-state index is 12.3. The van der Waals surface area contributed by atoms with E-state index in [9.17, 15) is 58.7 Å². The second-order valence-corrected chi connectivity index (χ2v) is 10.6. The summed E-state index contributed by atoms with van der Waals surface area (Å²) in [5.74, 6) is -8.33. The molecular formula is C30H30F9N7O6. The number of nitrogen functional groups attached to an aromatic ring is 1. The number of ketones is 1. The van der Waals surface area contributed by atoms with Crippen molar-refractivity contribution in [2.24, 2.45) is 0 Å². The van der Waals surface area contributed by atoms with E-state index in [0.29, 0.717) is 11.1 Å². The number of benzene rings is 2. The van der Waals surface area contributed by atoms with Gasteiger partial charge in [0.25, 0.3) is 5.56 Å². The number of halogens is 9. The molecule has 1 heterocycles. The largest absolute Gasteiger partial charge is 0.490 e. The average molecular weight is 756 g/mol. The zero-order valence-electron chi connectivity index (χ0n) is 27.0. The molecule has 22 heteroatoms. The van der Waals surface area contributed by atoms with Crippen molar-refractivity contribution in [3.05, 3.63) is 87.5 Å². The van der Waals surface area contributed by atoms with Gasteiger partial charge in [-0.25, -0.2) is 9.78 Å². The molecule has 3 aromatic rings. The fourth-order valence-corrected chi connectivity index (χ4v) is 3.49. The van der Waals surface area contributed by atoms with Crippen LogP contribution in [0.25, 0.3) is 0 Å². The number of carbonyl (C=O) groups is 4. The Morgan fingerprint density at radius 2 is 1.50 bits per heavy atom. The molecule has 0 fully saturated rings. The molecule has 0 atom stereocenters. The number of aliphatic carboxylic acids is 1. The highest BCUT2D eigenvalue weighted by Gasteiger charge is 2.43. The normalized spacial score (nSPS) is 11.2. The molecule has 0 saturated heterocycles. The molecule has 13 nitrogen and oxygen atoms in total. The first-order valence-electron chi connectivity index (χ1n) is 14.2. The van der Waals surface area contributed by atoms with Crippen molar-refractivity contribution in [3.8, 4) is 0 Å². The minimum atomic E-state index is -5.33. The molecular weight excluding hydrogens is 725 g/mol. The highest BCUT2D eigenvalue weighted by Crippen LogP contribution is 2.31. The van der Waals surface area contributed by atoms with E-state index in [-0.39, 0.29) is 36.2 Å². The number of aryl methyl sites for hydroxylation is 1. The quantitative estimate of drug-likeness (QED) is 0.0640. The Balaban J connectivity index is 0.000000578. The fourth-order valence-electron chi connectivity index (χ4n) is 3.49. The van der Waals surface area contributed by atoms with Crippen molar-refractivity contribution >= 4 is 40.9 Å². The lowest BCUT2D eigenvalue weighted by Crippen LogP contribution is -2.42. The van der Waals surface area contributed by atoms with Crippen LogP contribution in [-0.4, -0.2) is 62.5 Å². The molecule has 0 unspecified atom stereocenters. The molecule has 1 aromatic heterocycles. The molecule has 0 spiro atoms. The highest BCUT2D eigenvalue weighted by molar-refractivity contribution is 6.41. The van der Waals surface area contributed by atoms with E-state index >= 15 is 0 Å². The SMILES string of the molecule is CC(C)Nc1nccn(CC(=O)NCc2ccc(C(=N)NC(=O)C(=O)C(F)(F)F)cc2)c1=O.Cc1cc(N)cc(C(F)(F)F)c1.O=C(O)C(F)(F)F. The van der Waals surface area contributed by atoms with Crippen molar-refractivity contribution in [1.82, 2.24) is 20.2 Å². The number of nitrogens with zero attached hydrogens (tertiary/aromatic N) is 2. The number of carboxylic acids is 1. The van der Waals surface area contributed by atoms with Crippen LogP contribution in [0.2, 0.25) is 0 Å². The number of anilines is 2. The van der Waals surface area contributed by atoms with Crippen molar-refractivity contribution in [2.75, 3.05) is 11.1 Å². The predicted molar refractivity (Wildman–Crippen MR) is 166 cm³/mol. The van der Waals surface area contributed by atoms with E-state index < -0.39 is 59.1 Å². The molecule has 2 amide bonds. The average Bonchev–Trinajstić information content (AvgIpc) is 3.00. The Kier molecular flexibility index (Phi) is 15.5. The molecule has 2 aromatic carbocycles. The number of carbonyl (C=O) groups excluding carboxylic acids is 3. The second kappa shape index (κ2) is 18.3. The number of amidine groups is 1. The Morgan fingerprint density at radius 3 is 1.96 bits per heavy atom. The van der Waals surface area contributed by atoms with Crippen molar-refractivity contribution < 1.29 is 63.8 Å². The van der Waals surface area contributed by atoms with Crippen molar-refractivity contribution in [3.63, 3.8) is 0 Å². The van der Waals surface area contributed by atoms with Gasteiger partial charge in [0.05, 0.1) is 5.56 Å². The minimum absolute atomic E-state index is 0.0159. The third kappa shape index (κ3) is 15.3. The van der Waals surface area contributed by atoms with Gasteiger partial charge in [-0.2, -0.15) is 39.5 Å². The molecule has 52 heavy (non-hydrogen) atoms. The van der Waals surface area contributed by atoms with E-state index in [4.69, 9.17) is 21.0 Å². The van der Waals surface area contributed by atoms with E-state index in [1.807, 2.05) is 13.8 Å². The second-order valence-electron chi connectivity index (χ2n) is 10.6. The number of rotatable bonds is 8. The lowest BCUT2D eigenvalue weighted by atomic mass is 10.1. The Morgan fingerprint density at radius 1 is 0.942 bits per heavy atom. The number of alkyl halides is 9. The van der Waals surface area contributed by atoms with E-state index in [1.54, 1.807) is 12.2 Å². The number of hydrogen-bond donors (Lipinski definition) is 6. The number of nitrogens with two attached hydrogens (primary N) is 1. The summed E-state index contributed by atoms with van der Waals surface area (Å²) in [7, 11) is 0. The van der Waals surface area contributed by atoms with Crippen LogP contribution < -0.4 is 27.2 Å². The molecule has 3 rings (SSSR count). The molecule has 7 N–H and O–H groups in total. The summed E-state index contributed by atoms with van der Waals surface area (Å²) in [5, 5.41) is 21.9. The topological polar surface area (TPSA) is 209 Å². The molecule has 0 aliphatic heterocycles. The number of Topliss-reactive ketones (excluding diaryl/α,β-unsaturated/α-hetero) is 1. The minimum Gasteiger partial charge on any atom is -0.475 e. The van der Waals surface area contributed by atoms with Crippen LogP contribution in [0.3, 0.4) is 0 Å². The summed E-state index contributed by atoms with van der Waals surface area (Å²) < 4.78 is 106. The lowest BCUT2D eigenvalue weighted by molar-refractivity contribution is -0.192. The standard InChI is InChI=1S/C20H21F3N6O4.C8H8F3N.C2HF3O2/c1-11(2)27-17-19(33)29(8-7-25-17)10-14(30)26-9-12-3-5-13(6-4-12)16(24)28-18(32)15(31)20(21,22)23;1-5-2-6(8(9,10)11)4-7(12)3-5;3-2(4,5)1(6)7/h3-8,11H,9-10H2,1-2H3,(H,25,27)(H,26,30)(H2,24,28,32);2-4H,12H2,1H3;(H,6,7). The maximum absolute atomic E-state index is 12.3. The third-order valence-corrected chi connectivity index (χ3v) is 5.76. The van der Waals surface area contributed by atoms with Crippen LogP contribution in [0.4, 0.5) is 51.0 Å².